The molecule has 3 N–H and O–H groups in total. The van der Waals surface area contributed by atoms with Gasteiger partial charge in [0, 0.05) is 35.9 Å². The summed E-state index contributed by atoms with van der Waals surface area (Å²) in [5.74, 6) is 0.247. The SMILES string of the molecule is Cc1[nH]ncc1CNC(=O)N1CCSCC1C(=O)O. The van der Waals surface area contributed by atoms with Gasteiger partial charge in [-0.1, -0.05) is 0 Å². The van der Waals surface area contributed by atoms with Crippen LogP contribution in [-0.4, -0.2) is 56.3 Å². The molecule has 19 heavy (non-hydrogen) atoms. The van der Waals surface area contributed by atoms with E-state index in [1.54, 1.807) is 18.0 Å². The molecule has 2 amide bonds. The normalized spacial score (nSPS) is 19.2. The number of carboxylic acid groups (broad SMARTS) is 1. The molecular weight excluding hydrogens is 268 g/mol. The highest BCUT2D eigenvalue weighted by Gasteiger charge is 2.32. The van der Waals surface area contributed by atoms with Gasteiger partial charge in [0.2, 0.25) is 0 Å². The zero-order valence-corrected chi connectivity index (χ0v) is 11.4. The zero-order valence-electron chi connectivity index (χ0n) is 10.5. The first-order chi connectivity index (χ1) is 9.09. The number of amides is 2. The largest absolute Gasteiger partial charge is 0.480 e. The Morgan fingerprint density at radius 1 is 1.68 bits per heavy atom. The van der Waals surface area contributed by atoms with Crippen molar-refractivity contribution in [3.63, 3.8) is 0 Å². The number of hydrogen-bond acceptors (Lipinski definition) is 4. The molecule has 1 aromatic rings. The maximum absolute atomic E-state index is 12.0. The molecule has 0 spiro atoms. The number of aryl methyl sites for hydroxylation is 1. The lowest BCUT2D eigenvalue weighted by Gasteiger charge is -2.32. The van der Waals surface area contributed by atoms with Gasteiger partial charge >= 0.3 is 12.0 Å². The van der Waals surface area contributed by atoms with E-state index in [0.29, 0.717) is 18.8 Å². The Morgan fingerprint density at radius 2 is 2.47 bits per heavy atom. The summed E-state index contributed by atoms with van der Waals surface area (Å²) in [6.07, 6.45) is 1.65. The first-order valence-electron chi connectivity index (χ1n) is 5.93. The van der Waals surface area contributed by atoms with Crippen LogP contribution in [0.2, 0.25) is 0 Å². The molecule has 0 aliphatic carbocycles. The predicted octanol–water partition coefficient (Wildman–Crippen LogP) is 0.430. The first kappa shape index (κ1) is 13.7. The lowest BCUT2D eigenvalue weighted by atomic mass is 10.2. The molecule has 0 saturated carbocycles. The smallest absolute Gasteiger partial charge is 0.327 e. The van der Waals surface area contributed by atoms with Gasteiger partial charge in [-0.2, -0.15) is 16.9 Å². The molecule has 1 atom stereocenters. The molecule has 1 saturated heterocycles. The number of urea groups is 1. The average Bonchev–Trinajstić information content (AvgIpc) is 2.81. The lowest BCUT2D eigenvalue weighted by Crippen LogP contribution is -2.53. The number of H-pyrrole nitrogens is 1. The van der Waals surface area contributed by atoms with Crippen LogP contribution < -0.4 is 5.32 Å². The van der Waals surface area contributed by atoms with Gasteiger partial charge in [-0.15, -0.1) is 0 Å². The predicted molar refractivity (Wildman–Crippen MR) is 71.0 cm³/mol. The van der Waals surface area contributed by atoms with Crippen molar-refractivity contribution in [1.29, 1.82) is 0 Å². The molecule has 7 nitrogen and oxygen atoms in total. The van der Waals surface area contributed by atoms with Crippen molar-refractivity contribution in [3.8, 4) is 0 Å². The van der Waals surface area contributed by atoms with Crippen molar-refractivity contribution >= 4 is 23.8 Å². The Balaban J connectivity index is 1.94. The summed E-state index contributed by atoms with van der Waals surface area (Å²) < 4.78 is 0. The Kier molecular flexibility index (Phi) is 4.31. The summed E-state index contributed by atoms with van der Waals surface area (Å²) in [5, 5.41) is 18.5. The number of aromatic nitrogens is 2. The van der Waals surface area contributed by atoms with Gasteiger partial charge in [-0.3, -0.25) is 5.10 Å². The molecule has 0 aromatic carbocycles. The third kappa shape index (κ3) is 3.19. The molecule has 1 aliphatic rings. The third-order valence-corrected chi connectivity index (χ3v) is 4.06. The summed E-state index contributed by atoms with van der Waals surface area (Å²) in [6, 6.07) is -1.09. The van der Waals surface area contributed by atoms with Crippen LogP contribution in [0.15, 0.2) is 6.20 Å². The Labute approximate surface area is 114 Å². The van der Waals surface area contributed by atoms with Gasteiger partial charge in [-0.05, 0) is 6.92 Å². The van der Waals surface area contributed by atoms with E-state index in [-0.39, 0.29) is 6.03 Å². The molecular formula is C11H16N4O3S. The molecule has 2 heterocycles. The van der Waals surface area contributed by atoms with Crippen LogP contribution in [0.1, 0.15) is 11.3 Å². The number of carbonyl (C=O) groups excluding carboxylic acids is 1. The van der Waals surface area contributed by atoms with E-state index in [1.807, 2.05) is 6.92 Å². The quantitative estimate of drug-likeness (QED) is 0.747. The van der Waals surface area contributed by atoms with Crippen LogP contribution in [-0.2, 0) is 11.3 Å². The van der Waals surface area contributed by atoms with Crippen LogP contribution in [0, 0.1) is 6.92 Å². The van der Waals surface area contributed by atoms with Crippen molar-refractivity contribution < 1.29 is 14.7 Å². The minimum Gasteiger partial charge on any atom is -0.480 e. The summed E-state index contributed by atoms with van der Waals surface area (Å²) in [6.45, 7) is 2.67. The zero-order chi connectivity index (χ0) is 13.8. The summed E-state index contributed by atoms with van der Waals surface area (Å²) in [7, 11) is 0. The summed E-state index contributed by atoms with van der Waals surface area (Å²) in [4.78, 5) is 24.5. The molecule has 104 valence electrons. The Bertz CT molecular complexity index is 476. The highest BCUT2D eigenvalue weighted by atomic mass is 32.2. The van der Waals surface area contributed by atoms with Gasteiger partial charge in [-0.25, -0.2) is 9.59 Å². The highest BCUT2D eigenvalue weighted by molar-refractivity contribution is 7.99. The standard InChI is InChI=1S/C11H16N4O3S/c1-7-8(5-13-14-7)4-12-11(18)15-2-3-19-6-9(15)10(16)17/h5,9H,2-4,6H2,1H3,(H,12,18)(H,13,14)(H,16,17). The van der Waals surface area contributed by atoms with Crippen molar-refractivity contribution in [2.75, 3.05) is 18.1 Å². The number of aromatic amines is 1. The fourth-order valence-corrected chi connectivity index (χ4v) is 2.92. The minimum atomic E-state index is -0.957. The van der Waals surface area contributed by atoms with Crippen LogP contribution in [0.25, 0.3) is 0 Å². The van der Waals surface area contributed by atoms with E-state index >= 15 is 0 Å². The second kappa shape index (κ2) is 5.96. The van der Waals surface area contributed by atoms with Gasteiger partial charge in [0.15, 0.2) is 0 Å². The number of nitrogens with one attached hydrogen (secondary N) is 2. The minimum absolute atomic E-state index is 0.340. The van der Waals surface area contributed by atoms with Crippen molar-refractivity contribution in [2.24, 2.45) is 0 Å². The average molecular weight is 284 g/mol. The fraction of sp³-hybridized carbons (Fsp3) is 0.545. The molecule has 2 rings (SSSR count). The van der Waals surface area contributed by atoms with Gasteiger partial charge < -0.3 is 15.3 Å². The van der Waals surface area contributed by atoms with Crippen molar-refractivity contribution in [2.45, 2.75) is 19.5 Å². The van der Waals surface area contributed by atoms with Crippen molar-refractivity contribution in [1.82, 2.24) is 20.4 Å². The number of carbonyl (C=O) groups is 2. The van der Waals surface area contributed by atoms with Crippen LogP contribution in [0.4, 0.5) is 4.79 Å². The molecule has 0 bridgehead atoms. The highest BCUT2D eigenvalue weighted by Crippen LogP contribution is 2.16. The Hall–Kier alpha value is -1.70. The number of aliphatic carboxylic acids is 1. The monoisotopic (exact) mass is 284 g/mol. The lowest BCUT2D eigenvalue weighted by molar-refractivity contribution is -0.141. The number of rotatable bonds is 3. The van der Waals surface area contributed by atoms with E-state index in [4.69, 9.17) is 5.11 Å². The second-order valence-corrected chi connectivity index (χ2v) is 5.45. The number of nitrogens with zero attached hydrogens (tertiary/aromatic N) is 2. The van der Waals surface area contributed by atoms with Gasteiger partial charge in [0.25, 0.3) is 0 Å². The van der Waals surface area contributed by atoms with E-state index in [2.05, 4.69) is 15.5 Å². The molecule has 8 heteroatoms. The maximum Gasteiger partial charge on any atom is 0.327 e. The number of hydrogen-bond donors (Lipinski definition) is 3. The molecule has 0 radical (unpaired) electrons. The van der Waals surface area contributed by atoms with Gasteiger partial charge in [0.05, 0.1) is 6.20 Å². The van der Waals surface area contributed by atoms with E-state index in [0.717, 1.165) is 17.0 Å². The fourth-order valence-electron chi connectivity index (χ4n) is 1.88. The summed E-state index contributed by atoms with van der Waals surface area (Å²) in [5.41, 5.74) is 1.79. The van der Waals surface area contributed by atoms with Crippen LogP contribution >= 0.6 is 11.8 Å². The topological polar surface area (TPSA) is 98.3 Å². The van der Waals surface area contributed by atoms with Crippen LogP contribution in [0.3, 0.4) is 0 Å². The van der Waals surface area contributed by atoms with Gasteiger partial charge in [0.1, 0.15) is 6.04 Å². The Morgan fingerprint density at radius 3 is 3.11 bits per heavy atom. The van der Waals surface area contributed by atoms with E-state index < -0.39 is 12.0 Å². The molecule has 1 unspecified atom stereocenters. The maximum atomic E-state index is 12.0. The van der Waals surface area contributed by atoms with Crippen LogP contribution in [0.5, 0.6) is 0 Å². The number of thioether (sulfide) groups is 1. The molecule has 1 aromatic heterocycles. The van der Waals surface area contributed by atoms with E-state index in [1.165, 1.54) is 4.90 Å². The first-order valence-corrected chi connectivity index (χ1v) is 7.09. The number of carboxylic acids is 1. The summed E-state index contributed by atoms with van der Waals surface area (Å²) >= 11 is 1.55. The van der Waals surface area contributed by atoms with Crippen molar-refractivity contribution in [3.05, 3.63) is 17.5 Å². The molecule has 1 aliphatic heterocycles. The second-order valence-electron chi connectivity index (χ2n) is 4.30. The molecule has 1 fully saturated rings. The third-order valence-electron chi connectivity index (χ3n) is 3.04. The van der Waals surface area contributed by atoms with E-state index in [9.17, 15) is 9.59 Å².